The normalized spacial score (nSPS) is 18.4. The highest BCUT2D eigenvalue weighted by Gasteiger charge is 2.12. The van der Waals surface area contributed by atoms with Crippen LogP contribution in [0, 0.1) is 0 Å². The maximum atomic E-state index is 4.23. The van der Waals surface area contributed by atoms with Gasteiger partial charge in [0, 0.05) is 25.5 Å². The van der Waals surface area contributed by atoms with Gasteiger partial charge in [-0.05, 0) is 19.5 Å². The molecule has 0 unspecified atom stereocenters. The maximum Gasteiger partial charge on any atom is 0.179 e. The van der Waals surface area contributed by atoms with Gasteiger partial charge in [0.05, 0.1) is 12.7 Å². The first-order valence-electron chi connectivity index (χ1n) is 6.00. The van der Waals surface area contributed by atoms with Gasteiger partial charge in [0.1, 0.15) is 0 Å². The Morgan fingerprint density at radius 2 is 2.24 bits per heavy atom. The zero-order valence-electron chi connectivity index (χ0n) is 9.71. The molecular weight excluding hydrogens is 216 g/mol. The smallest absolute Gasteiger partial charge is 0.179 e. The summed E-state index contributed by atoms with van der Waals surface area (Å²) in [6, 6.07) is 0. The van der Waals surface area contributed by atoms with E-state index < -0.39 is 0 Å². The Balaban J connectivity index is 1.79. The van der Waals surface area contributed by atoms with Crippen molar-refractivity contribution in [2.45, 2.75) is 13.0 Å². The van der Waals surface area contributed by atoms with Gasteiger partial charge in [-0.25, -0.2) is 0 Å². The molecule has 1 aliphatic heterocycles. The number of nitrogens with zero attached hydrogens (tertiary/aromatic N) is 5. The second-order valence-corrected chi connectivity index (χ2v) is 4.30. The first-order chi connectivity index (χ1) is 8.43. The Kier molecular flexibility index (Phi) is 2.98. The molecule has 0 aromatic carbocycles. The first kappa shape index (κ1) is 10.6. The molecule has 0 atom stereocenters. The predicted molar refractivity (Wildman–Crippen MR) is 63.5 cm³/mol. The maximum absolute atomic E-state index is 4.23. The fraction of sp³-hybridized carbons (Fsp3) is 0.545. The van der Waals surface area contributed by atoms with E-state index in [1.165, 1.54) is 6.42 Å². The summed E-state index contributed by atoms with van der Waals surface area (Å²) in [5.41, 5.74) is 0.815. The SMILES string of the molecule is c1cn2c(CN3CCCNCC3)nnc2cn1. The highest BCUT2D eigenvalue weighted by Crippen LogP contribution is 2.06. The quantitative estimate of drug-likeness (QED) is 0.785. The van der Waals surface area contributed by atoms with Crippen molar-refractivity contribution >= 4 is 5.65 Å². The summed E-state index contributed by atoms with van der Waals surface area (Å²) in [4.78, 5) is 6.45. The van der Waals surface area contributed by atoms with E-state index in [9.17, 15) is 0 Å². The van der Waals surface area contributed by atoms with E-state index in [2.05, 4.69) is 25.4 Å². The van der Waals surface area contributed by atoms with Crippen molar-refractivity contribution < 1.29 is 0 Å². The standard InChI is InChI=1S/C11H16N6/c1-2-12-3-6-16(5-1)9-11-15-14-10-8-13-4-7-17(10)11/h4,7-8,12H,1-3,5-6,9H2. The van der Waals surface area contributed by atoms with Crippen molar-refractivity contribution in [3.63, 3.8) is 0 Å². The number of fused-ring (bicyclic) bond motifs is 1. The van der Waals surface area contributed by atoms with Gasteiger partial charge in [-0.15, -0.1) is 10.2 Å². The second kappa shape index (κ2) is 4.77. The van der Waals surface area contributed by atoms with Crippen molar-refractivity contribution in [2.24, 2.45) is 0 Å². The Morgan fingerprint density at radius 3 is 3.24 bits per heavy atom. The van der Waals surface area contributed by atoms with Crippen molar-refractivity contribution in [1.29, 1.82) is 0 Å². The largest absolute Gasteiger partial charge is 0.315 e. The van der Waals surface area contributed by atoms with E-state index >= 15 is 0 Å². The van der Waals surface area contributed by atoms with Crippen molar-refractivity contribution in [3.8, 4) is 0 Å². The summed E-state index contributed by atoms with van der Waals surface area (Å²) >= 11 is 0. The van der Waals surface area contributed by atoms with Crippen LogP contribution in [0.1, 0.15) is 12.2 Å². The zero-order valence-corrected chi connectivity index (χ0v) is 9.71. The molecule has 0 saturated carbocycles. The van der Waals surface area contributed by atoms with Gasteiger partial charge in [0.25, 0.3) is 0 Å². The van der Waals surface area contributed by atoms with Crippen molar-refractivity contribution in [1.82, 2.24) is 29.8 Å². The van der Waals surface area contributed by atoms with E-state index in [1.54, 1.807) is 12.4 Å². The van der Waals surface area contributed by atoms with Crippen LogP contribution in [-0.2, 0) is 6.54 Å². The van der Waals surface area contributed by atoms with E-state index in [-0.39, 0.29) is 0 Å². The van der Waals surface area contributed by atoms with Crippen LogP contribution in [0.3, 0.4) is 0 Å². The third-order valence-corrected chi connectivity index (χ3v) is 3.08. The Labute approximate surface area is 99.7 Å². The summed E-state index contributed by atoms with van der Waals surface area (Å²) in [6.45, 7) is 5.21. The molecule has 1 saturated heterocycles. The number of aromatic nitrogens is 4. The number of hydrogen-bond acceptors (Lipinski definition) is 5. The molecular formula is C11H16N6. The van der Waals surface area contributed by atoms with E-state index in [0.29, 0.717) is 0 Å². The fourth-order valence-corrected chi connectivity index (χ4v) is 2.17. The minimum Gasteiger partial charge on any atom is -0.315 e. The molecule has 6 nitrogen and oxygen atoms in total. The van der Waals surface area contributed by atoms with Crippen LogP contribution in [0.25, 0.3) is 5.65 Å². The Hall–Kier alpha value is -1.53. The first-order valence-corrected chi connectivity index (χ1v) is 6.00. The lowest BCUT2D eigenvalue weighted by Gasteiger charge is -2.17. The molecule has 2 aromatic heterocycles. The summed E-state index contributed by atoms with van der Waals surface area (Å²) < 4.78 is 2.01. The molecule has 0 spiro atoms. The third-order valence-electron chi connectivity index (χ3n) is 3.08. The van der Waals surface area contributed by atoms with Crippen LogP contribution in [0.4, 0.5) is 0 Å². The predicted octanol–water partition coefficient (Wildman–Crippen LogP) is -0.0804. The van der Waals surface area contributed by atoms with Crippen molar-refractivity contribution in [3.05, 3.63) is 24.4 Å². The molecule has 2 aromatic rings. The van der Waals surface area contributed by atoms with Gasteiger partial charge in [-0.1, -0.05) is 0 Å². The summed E-state index contributed by atoms with van der Waals surface area (Å²) in [7, 11) is 0. The van der Waals surface area contributed by atoms with Crippen LogP contribution >= 0.6 is 0 Å². The van der Waals surface area contributed by atoms with Gasteiger partial charge in [0.2, 0.25) is 0 Å². The molecule has 3 heterocycles. The highest BCUT2D eigenvalue weighted by molar-refractivity contribution is 5.33. The van der Waals surface area contributed by atoms with Gasteiger partial charge < -0.3 is 5.32 Å². The van der Waals surface area contributed by atoms with Gasteiger partial charge in [0.15, 0.2) is 11.5 Å². The van der Waals surface area contributed by atoms with E-state index in [1.807, 2.05) is 10.6 Å². The Morgan fingerprint density at radius 1 is 1.24 bits per heavy atom. The summed E-state index contributed by atoms with van der Waals surface area (Å²) in [5.74, 6) is 0.990. The molecule has 90 valence electrons. The molecule has 1 N–H and O–H groups in total. The van der Waals surface area contributed by atoms with Crippen LogP contribution in [0.5, 0.6) is 0 Å². The van der Waals surface area contributed by atoms with Crippen molar-refractivity contribution in [2.75, 3.05) is 26.2 Å². The van der Waals surface area contributed by atoms with Gasteiger partial charge in [-0.3, -0.25) is 14.3 Å². The molecule has 1 aliphatic rings. The number of hydrogen-bond donors (Lipinski definition) is 1. The second-order valence-electron chi connectivity index (χ2n) is 4.30. The lowest BCUT2D eigenvalue weighted by atomic mass is 10.4. The fourth-order valence-electron chi connectivity index (χ4n) is 2.17. The number of nitrogens with one attached hydrogen (secondary N) is 1. The molecule has 3 rings (SSSR count). The molecule has 17 heavy (non-hydrogen) atoms. The molecule has 0 bridgehead atoms. The molecule has 6 heteroatoms. The van der Waals surface area contributed by atoms with E-state index in [0.717, 1.165) is 44.2 Å². The average Bonchev–Trinajstić information content (AvgIpc) is 2.59. The molecule has 1 fully saturated rings. The molecule has 0 radical (unpaired) electrons. The lowest BCUT2D eigenvalue weighted by Crippen LogP contribution is -2.28. The van der Waals surface area contributed by atoms with E-state index in [4.69, 9.17) is 0 Å². The average molecular weight is 232 g/mol. The highest BCUT2D eigenvalue weighted by atomic mass is 15.3. The van der Waals surface area contributed by atoms with Crippen LogP contribution in [0.15, 0.2) is 18.6 Å². The minimum atomic E-state index is 0.815. The number of rotatable bonds is 2. The minimum absolute atomic E-state index is 0.815. The van der Waals surface area contributed by atoms with Crippen LogP contribution < -0.4 is 5.32 Å². The topological polar surface area (TPSA) is 58.4 Å². The summed E-state index contributed by atoms with van der Waals surface area (Å²) in [6.07, 6.45) is 6.61. The summed E-state index contributed by atoms with van der Waals surface area (Å²) in [5, 5.41) is 11.7. The van der Waals surface area contributed by atoms with Crippen LogP contribution in [-0.4, -0.2) is 50.7 Å². The molecule has 0 amide bonds. The zero-order chi connectivity index (χ0) is 11.5. The lowest BCUT2D eigenvalue weighted by molar-refractivity contribution is 0.276. The molecule has 0 aliphatic carbocycles. The van der Waals surface area contributed by atoms with Gasteiger partial charge >= 0.3 is 0 Å². The Bertz CT molecular complexity index is 485. The van der Waals surface area contributed by atoms with Crippen LogP contribution in [0.2, 0.25) is 0 Å². The monoisotopic (exact) mass is 232 g/mol. The van der Waals surface area contributed by atoms with Gasteiger partial charge in [-0.2, -0.15) is 0 Å². The third kappa shape index (κ3) is 2.27.